The van der Waals surface area contributed by atoms with Gasteiger partial charge in [0.1, 0.15) is 11.2 Å². The highest BCUT2D eigenvalue weighted by Gasteiger charge is 2.48. The van der Waals surface area contributed by atoms with Gasteiger partial charge in [-0.1, -0.05) is 182 Å². The number of para-hydroxylation sites is 1. The fourth-order valence-corrected chi connectivity index (χ4v) is 9.21. The van der Waals surface area contributed by atoms with E-state index in [1.807, 2.05) is 0 Å². The van der Waals surface area contributed by atoms with Crippen molar-refractivity contribution >= 4 is 39.0 Å². The van der Waals surface area contributed by atoms with Crippen LogP contribution in [0.25, 0.3) is 55.3 Å². The fraction of sp³-hybridized carbons (Fsp3) is 0.0182. The normalized spacial score (nSPS) is 12.7. The molecule has 1 aromatic heterocycles. The van der Waals surface area contributed by atoms with E-state index in [2.05, 4.69) is 229 Å². The predicted molar refractivity (Wildman–Crippen MR) is 237 cm³/mol. The van der Waals surface area contributed by atoms with Crippen LogP contribution in [0.15, 0.2) is 229 Å². The molecule has 0 fully saturated rings. The van der Waals surface area contributed by atoms with E-state index >= 15 is 0 Å². The third-order valence-corrected chi connectivity index (χ3v) is 11.7. The third kappa shape index (κ3) is 5.26. The SMILES string of the molecule is c1ccc(-c2ccc(N(c3ccc(-c4ccccc4)cc3)c3cc(C4(c5ccccc5)c5ccccc5-c5ccccc54)c4oc5ccccc5c4c3)cc2)cc1. The van der Waals surface area contributed by atoms with E-state index in [1.165, 1.54) is 50.1 Å². The number of nitrogens with zero attached hydrogens (tertiary/aromatic N) is 1. The summed E-state index contributed by atoms with van der Waals surface area (Å²) in [4.78, 5) is 2.40. The molecule has 1 aliphatic rings. The van der Waals surface area contributed by atoms with Gasteiger partial charge >= 0.3 is 0 Å². The zero-order valence-corrected chi connectivity index (χ0v) is 31.2. The Morgan fingerprint density at radius 3 is 1.35 bits per heavy atom. The Bertz CT molecular complexity index is 2910. The van der Waals surface area contributed by atoms with E-state index in [9.17, 15) is 0 Å². The summed E-state index contributed by atoms with van der Waals surface area (Å²) in [5, 5.41) is 2.18. The maximum Gasteiger partial charge on any atom is 0.140 e. The van der Waals surface area contributed by atoms with Gasteiger partial charge in [0.25, 0.3) is 0 Å². The summed E-state index contributed by atoms with van der Waals surface area (Å²) in [7, 11) is 0. The number of anilines is 3. The smallest absolute Gasteiger partial charge is 0.140 e. The molecule has 1 heterocycles. The molecule has 0 saturated heterocycles. The van der Waals surface area contributed by atoms with Crippen LogP contribution in [0.3, 0.4) is 0 Å². The molecule has 57 heavy (non-hydrogen) atoms. The molecule has 2 nitrogen and oxygen atoms in total. The van der Waals surface area contributed by atoms with Gasteiger partial charge in [0.15, 0.2) is 0 Å². The Balaban J connectivity index is 1.22. The van der Waals surface area contributed by atoms with Crippen molar-refractivity contribution in [1.29, 1.82) is 0 Å². The van der Waals surface area contributed by atoms with Crippen LogP contribution in [-0.4, -0.2) is 0 Å². The van der Waals surface area contributed by atoms with E-state index in [0.717, 1.165) is 44.6 Å². The molecule has 0 aliphatic heterocycles. The second-order valence-electron chi connectivity index (χ2n) is 14.8. The zero-order chi connectivity index (χ0) is 37.8. The van der Waals surface area contributed by atoms with Crippen molar-refractivity contribution in [2.45, 2.75) is 5.41 Å². The molecule has 0 saturated carbocycles. The first-order valence-electron chi connectivity index (χ1n) is 19.6. The molecule has 0 bridgehead atoms. The first-order chi connectivity index (χ1) is 28.3. The van der Waals surface area contributed by atoms with E-state index in [-0.39, 0.29) is 0 Å². The summed E-state index contributed by atoms with van der Waals surface area (Å²) in [6, 6.07) is 81.1. The number of rotatable bonds is 7. The van der Waals surface area contributed by atoms with Gasteiger partial charge < -0.3 is 9.32 Å². The standard InChI is InChI=1S/C55H37NO/c1-4-16-38(17-5-1)40-28-32-43(33-29-40)56(44-34-30-41(31-35-44)39-18-6-2-7-19-39)45-36-49-48-24-12-15-27-53(48)57-54(49)52(37-45)55(42-20-8-3-9-21-42)50-25-13-10-22-46(50)47-23-11-14-26-51(47)55/h1-37H. The Labute approximate surface area is 332 Å². The van der Waals surface area contributed by atoms with Crippen molar-refractivity contribution in [2.24, 2.45) is 0 Å². The highest BCUT2D eigenvalue weighted by atomic mass is 16.3. The second-order valence-corrected chi connectivity index (χ2v) is 14.8. The second kappa shape index (κ2) is 13.4. The van der Waals surface area contributed by atoms with E-state index in [1.54, 1.807) is 0 Å². The van der Waals surface area contributed by atoms with Crippen LogP contribution >= 0.6 is 0 Å². The maximum atomic E-state index is 7.03. The zero-order valence-electron chi connectivity index (χ0n) is 31.2. The average Bonchev–Trinajstić information content (AvgIpc) is 3.82. The summed E-state index contributed by atoms with van der Waals surface area (Å²) in [6.45, 7) is 0. The molecule has 0 atom stereocenters. The number of hydrogen-bond donors (Lipinski definition) is 0. The van der Waals surface area contributed by atoms with Crippen LogP contribution in [0.5, 0.6) is 0 Å². The summed E-state index contributed by atoms with van der Waals surface area (Å²) in [6.07, 6.45) is 0. The van der Waals surface area contributed by atoms with Crippen LogP contribution in [0, 0.1) is 0 Å². The minimum absolute atomic E-state index is 0.656. The van der Waals surface area contributed by atoms with E-state index in [4.69, 9.17) is 4.42 Å². The molecule has 0 unspecified atom stereocenters. The minimum atomic E-state index is -0.656. The van der Waals surface area contributed by atoms with E-state index in [0.29, 0.717) is 0 Å². The Kier molecular flexibility index (Phi) is 7.75. The molecular weight excluding hydrogens is 691 g/mol. The van der Waals surface area contributed by atoms with Gasteiger partial charge in [-0.25, -0.2) is 0 Å². The van der Waals surface area contributed by atoms with Gasteiger partial charge in [-0.15, -0.1) is 0 Å². The lowest BCUT2D eigenvalue weighted by atomic mass is 9.67. The van der Waals surface area contributed by atoms with Crippen molar-refractivity contribution < 1.29 is 4.42 Å². The molecule has 268 valence electrons. The highest BCUT2D eigenvalue weighted by Crippen LogP contribution is 2.58. The molecule has 9 aromatic carbocycles. The number of benzene rings is 9. The third-order valence-electron chi connectivity index (χ3n) is 11.7. The minimum Gasteiger partial charge on any atom is -0.456 e. The molecule has 0 N–H and O–H groups in total. The van der Waals surface area contributed by atoms with Crippen molar-refractivity contribution in [3.05, 3.63) is 247 Å². The van der Waals surface area contributed by atoms with Crippen LogP contribution in [0.4, 0.5) is 17.1 Å². The summed E-state index contributed by atoms with van der Waals surface area (Å²) in [5.74, 6) is 0. The maximum absolute atomic E-state index is 7.03. The largest absolute Gasteiger partial charge is 0.456 e. The molecule has 0 amide bonds. The van der Waals surface area contributed by atoms with Gasteiger partial charge in [0.2, 0.25) is 0 Å². The molecule has 2 heteroatoms. The Morgan fingerprint density at radius 1 is 0.333 bits per heavy atom. The Hall–Kier alpha value is -7.42. The van der Waals surface area contributed by atoms with Crippen molar-refractivity contribution in [1.82, 2.24) is 0 Å². The fourth-order valence-electron chi connectivity index (χ4n) is 9.21. The van der Waals surface area contributed by atoms with Crippen molar-refractivity contribution in [2.75, 3.05) is 4.90 Å². The lowest BCUT2D eigenvalue weighted by Gasteiger charge is -2.35. The molecule has 10 aromatic rings. The number of hydrogen-bond acceptors (Lipinski definition) is 2. The van der Waals surface area contributed by atoms with Crippen LogP contribution in [-0.2, 0) is 5.41 Å². The first kappa shape index (κ1) is 33.0. The summed E-state index contributed by atoms with van der Waals surface area (Å²) in [5.41, 5.74) is 16.4. The lowest BCUT2D eigenvalue weighted by molar-refractivity contribution is 0.648. The molecule has 0 radical (unpaired) electrons. The van der Waals surface area contributed by atoms with Gasteiger partial charge in [-0.05, 0) is 92.5 Å². The Morgan fingerprint density at radius 2 is 0.789 bits per heavy atom. The van der Waals surface area contributed by atoms with E-state index < -0.39 is 5.41 Å². The molecule has 11 rings (SSSR count). The average molecular weight is 728 g/mol. The molecule has 0 spiro atoms. The van der Waals surface area contributed by atoms with Gasteiger partial charge in [-0.3, -0.25) is 0 Å². The molecular formula is C55H37NO. The quantitative estimate of drug-likeness (QED) is 0.163. The van der Waals surface area contributed by atoms with Crippen LogP contribution < -0.4 is 4.90 Å². The van der Waals surface area contributed by atoms with Crippen LogP contribution in [0.1, 0.15) is 22.3 Å². The monoisotopic (exact) mass is 727 g/mol. The molecule has 1 aliphatic carbocycles. The van der Waals surface area contributed by atoms with Crippen molar-refractivity contribution in [3.8, 4) is 33.4 Å². The topological polar surface area (TPSA) is 16.4 Å². The summed E-state index contributed by atoms with van der Waals surface area (Å²) < 4.78 is 7.03. The van der Waals surface area contributed by atoms with Crippen LogP contribution in [0.2, 0.25) is 0 Å². The number of fused-ring (bicyclic) bond motifs is 6. The summed E-state index contributed by atoms with van der Waals surface area (Å²) >= 11 is 0. The predicted octanol–water partition coefficient (Wildman–Crippen LogP) is 14.8. The van der Waals surface area contributed by atoms with Gasteiger partial charge in [0.05, 0.1) is 5.41 Å². The lowest BCUT2D eigenvalue weighted by Crippen LogP contribution is -2.29. The van der Waals surface area contributed by atoms with Gasteiger partial charge in [-0.2, -0.15) is 0 Å². The first-order valence-corrected chi connectivity index (χ1v) is 19.6. The number of furan rings is 1. The van der Waals surface area contributed by atoms with Gasteiger partial charge in [0, 0.05) is 33.4 Å². The van der Waals surface area contributed by atoms with Crippen molar-refractivity contribution in [3.63, 3.8) is 0 Å². The highest BCUT2D eigenvalue weighted by molar-refractivity contribution is 6.09.